The zero-order valence-corrected chi connectivity index (χ0v) is 12.4. The molecule has 0 aliphatic heterocycles. The van der Waals surface area contributed by atoms with E-state index in [1.807, 2.05) is 20.8 Å². The Balaban J connectivity index is 2.52. The largest absolute Gasteiger partial charge is 0.481 e. The fourth-order valence-corrected chi connectivity index (χ4v) is 2.90. The molecule has 0 unspecified atom stereocenters. The van der Waals surface area contributed by atoms with Crippen LogP contribution in [0, 0.1) is 5.82 Å². The van der Waals surface area contributed by atoms with E-state index >= 15 is 0 Å². The van der Waals surface area contributed by atoms with Crippen molar-refractivity contribution in [3.05, 3.63) is 40.0 Å². The number of nitrogens with zero attached hydrogens (tertiary/aromatic N) is 1. The van der Waals surface area contributed by atoms with Gasteiger partial charge in [-0.3, -0.25) is 4.79 Å². The van der Waals surface area contributed by atoms with E-state index in [1.54, 1.807) is 12.1 Å². The van der Waals surface area contributed by atoms with Gasteiger partial charge in [0, 0.05) is 15.9 Å². The van der Waals surface area contributed by atoms with Crippen molar-refractivity contribution in [2.75, 3.05) is 0 Å². The van der Waals surface area contributed by atoms with E-state index < -0.39 is 5.97 Å². The van der Waals surface area contributed by atoms with E-state index in [9.17, 15) is 9.18 Å². The van der Waals surface area contributed by atoms with Crippen molar-refractivity contribution < 1.29 is 14.3 Å². The summed E-state index contributed by atoms with van der Waals surface area (Å²) >= 11 is 1.41. The Labute approximate surface area is 121 Å². The second kappa shape index (κ2) is 5.32. The summed E-state index contributed by atoms with van der Waals surface area (Å²) < 4.78 is 13.0. The second-order valence-corrected chi connectivity index (χ2v) is 6.70. The third kappa shape index (κ3) is 3.22. The molecule has 106 valence electrons. The third-order valence-electron chi connectivity index (χ3n) is 2.77. The van der Waals surface area contributed by atoms with Crippen molar-refractivity contribution >= 4 is 17.3 Å². The lowest BCUT2D eigenvalue weighted by atomic mass is 9.98. The summed E-state index contributed by atoms with van der Waals surface area (Å²) in [6.45, 7) is 6.10. The van der Waals surface area contributed by atoms with Crippen LogP contribution in [0.4, 0.5) is 4.39 Å². The number of halogens is 1. The molecule has 1 N–H and O–H groups in total. The van der Waals surface area contributed by atoms with Gasteiger partial charge in [0.25, 0.3) is 0 Å². The number of thiazole rings is 1. The molecular weight excluding hydrogens is 277 g/mol. The van der Waals surface area contributed by atoms with E-state index in [4.69, 9.17) is 5.11 Å². The summed E-state index contributed by atoms with van der Waals surface area (Å²) in [6, 6.07) is 5.97. The molecule has 0 saturated carbocycles. The maximum absolute atomic E-state index is 13.0. The number of carboxylic acid groups (broad SMARTS) is 1. The Kier molecular flexibility index (Phi) is 3.90. The molecule has 1 aromatic heterocycles. The van der Waals surface area contributed by atoms with Crippen molar-refractivity contribution in [2.24, 2.45) is 0 Å². The van der Waals surface area contributed by atoms with Crippen molar-refractivity contribution in [2.45, 2.75) is 32.6 Å². The Morgan fingerprint density at radius 1 is 1.30 bits per heavy atom. The normalized spacial score (nSPS) is 11.6. The molecule has 2 rings (SSSR count). The average molecular weight is 293 g/mol. The summed E-state index contributed by atoms with van der Waals surface area (Å²) in [7, 11) is 0. The molecule has 0 fully saturated rings. The minimum Gasteiger partial charge on any atom is -0.481 e. The lowest BCUT2D eigenvalue weighted by Crippen LogP contribution is -2.10. The molecule has 2 aromatic rings. The molecule has 3 nitrogen and oxygen atoms in total. The molecule has 0 spiro atoms. The molecule has 0 aliphatic carbocycles. The van der Waals surface area contributed by atoms with Crippen LogP contribution in [0.25, 0.3) is 11.3 Å². The topological polar surface area (TPSA) is 50.2 Å². The van der Waals surface area contributed by atoms with Gasteiger partial charge >= 0.3 is 5.97 Å². The van der Waals surface area contributed by atoms with E-state index in [2.05, 4.69) is 4.98 Å². The maximum atomic E-state index is 13.0. The van der Waals surface area contributed by atoms with Gasteiger partial charge in [0.15, 0.2) is 0 Å². The molecule has 0 bridgehead atoms. The lowest BCUT2D eigenvalue weighted by molar-refractivity contribution is -0.136. The standard InChI is InChI=1S/C15H16FNO2S/c1-15(2,3)14-17-13(11(20-14)8-12(18)19)9-4-6-10(16)7-5-9/h4-7H,8H2,1-3H3,(H,18,19). The van der Waals surface area contributed by atoms with Crippen molar-refractivity contribution in [3.63, 3.8) is 0 Å². The first-order valence-electron chi connectivity index (χ1n) is 6.25. The van der Waals surface area contributed by atoms with Gasteiger partial charge < -0.3 is 5.11 Å². The summed E-state index contributed by atoms with van der Waals surface area (Å²) in [5.74, 6) is -1.21. The van der Waals surface area contributed by atoms with E-state index in [1.165, 1.54) is 23.5 Å². The SMILES string of the molecule is CC(C)(C)c1nc(-c2ccc(F)cc2)c(CC(=O)O)s1. The number of carboxylic acids is 1. The van der Waals surface area contributed by atoms with E-state index in [0.717, 1.165) is 10.6 Å². The highest BCUT2D eigenvalue weighted by atomic mass is 32.1. The van der Waals surface area contributed by atoms with Gasteiger partial charge in [0.05, 0.1) is 17.1 Å². The van der Waals surface area contributed by atoms with Gasteiger partial charge in [-0.2, -0.15) is 0 Å². The fourth-order valence-electron chi connectivity index (χ4n) is 1.76. The van der Waals surface area contributed by atoms with Crippen LogP contribution in [-0.2, 0) is 16.6 Å². The molecule has 1 heterocycles. The predicted molar refractivity (Wildman–Crippen MR) is 77.5 cm³/mol. The number of aliphatic carboxylic acids is 1. The van der Waals surface area contributed by atoms with E-state index in [-0.39, 0.29) is 17.7 Å². The molecule has 20 heavy (non-hydrogen) atoms. The lowest BCUT2D eigenvalue weighted by Gasteiger charge is -2.13. The van der Waals surface area contributed by atoms with Gasteiger partial charge in [-0.15, -0.1) is 11.3 Å². The minimum absolute atomic E-state index is 0.0690. The molecule has 0 amide bonds. The Morgan fingerprint density at radius 2 is 1.90 bits per heavy atom. The minimum atomic E-state index is -0.891. The summed E-state index contributed by atoms with van der Waals surface area (Å²) in [4.78, 5) is 16.3. The monoisotopic (exact) mass is 293 g/mol. The van der Waals surface area contributed by atoms with Crippen LogP contribution in [0.3, 0.4) is 0 Å². The quantitative estimate of drug-likeness (QED) is 0.934. The molecule has 0 saturated heterocycles. The van der Waals surface area contributed by atoms with Gasteiger partial charge in [-0.05, 0) is 24.3 Å². The van der Waals surface area contributed by atoms with Gasteiger partial charge in [-0.1, -0.05) is 20.8 Å². The van der Waals surface area contributed by atoms with Gasteiger partial charge in [-0.25, -0.2) is 9.37 Å². The highest BCUT2D eigenvalue weighted by Crippen LogP contribution is 2.34. The maximum Gasteiger partial charge on any atom is 0.308 e. The zero-order chi connectivity index (χ0) is 14.9. The van der Waals surface area contributed by atoms with Crippen LogP contribution < -0.4 is 0 Å². The predicted octanol–water partition coefficient (Wildman–Crippen LogP) is 3.87. The van der Waals surface area contributed by atoms with Crippen molar-refractivity contribution in [1.29, 1.82) is 0 Å². The zero-order valence-electron chi connectivity index (χ0n) is 11.6. The average Bonchev–Trinajstić information content (AvgIpc) is 2.73. The Hall–Kier alpha value is -1.75. The van der Waals surface area contributed by atoms with Crippen molar-refractivity contribution in [1.82, 2.24) is 4.98 Å². The number of carbonyl (C=O) groups is 1. The van der Waals surface area contributed by atoms with E-state index in [0.29, 0.717) is 10.6 Å². The molecule has 0 atom stereocenters. The summed E-state index contributed by atoms with van der Waals surface area (Å²) in [5.41, 5.74) is 1.24. The van der Waals surface area contributed by atoms with Crippen LogP contribution in [0.15, 0.2) is 24.3 Å². The van der Waals surface area contributed by atoms with Crippen molar-refractivity contribution in [3.8, 4) is 11.3 Å². The highest BCUT2D eigenvalue weighted by Gasteiger charge is 2.23. The number of benzene rings is 1. The van der Waals surface area contributed by atoms with Crippen LogP contribution >= 0.6 is 11.3 Å². The fraction of sp³-hybridized carbons (Fsp3) is 0.333. The van der Waals surface area contributed by atoms with Crippen LogP contribution in [0.1, 0.15) is 30.7 Å². The number of rotatable bonds is 3. The molecule has 1 aromatic carbocycles. The Bertz CT molecular complexity index is 626. The first-order valence-corrected chi connectivity index (χ1v) is 7.07. The first kappa shape index (κ1) is 14.7. The highest BCUT2D eigenvalue weighted by molar-refractivity contribution is 7.12. The number of hydrogen-bond donors (Lipinski definition) is 1. The third-order valence-corrected chi connectivity index (χ3v) is 4.25. The van der Waals surface area contributed by atoms with Crippen LogP contribution in [0.5, 0.6) is 0 Å². The molecule has 5 heteroatoms. The Morgan fingerprint density at radius 3 is 2.40 bits per heavy atom. The first-order chi connectivity index (χ1) is 9.27. The summed E-state index contributed by atoms with van der Waals surface area (Å²) in [5, 5.41) is 9.90. The smallest absolute Gasteiger partial charge is 0.308 e. The van der Waals surface area contributed by atoms with Gasteiger partial charge in [0.2, 0.25) is 0 Å². The van der Waals surface area contributed by atoms with Crippen LogP contribution in [0.2, 0.25) is 0 Å². The molecular formula is C15H16FNO2S. The second-order valence-electron chi connectivity index (χ2n) is 5.62. The number of hydrogen-bond acceptors (Lipinski definition) is 3. The number of aromatic nitrogens is 1. The summed E-state index contributed by atoms with van der Waals surface area (Å²) in [6.07, 6.45) is -0.0690. The van der Waals surface area contributed by atoms with Crippen LogP contribution in [-0.4, -0.2) is 16.1 Å². The molecule has 0 aliphatic rings. The molecule has 0 radical (unpaired) electrons. The van der Waals surface area contributed by atoms with Gasteiger partial charge in [0.1, 0.15) is 5.82 Å².